The maximum Gasteiger partial charge on any atom is 0.175 e. The minimum atomic E-state index is -3.08. The zero-order valence-electron chi connectivity index (χ0n) is 10.9. The molecule has 0 atom stereocenters. The molecule has 98 valence electrons. The van der Waals surface area contributed by atoms with Gasteiger partial charge in [0, 0.05) is 6.26 Å². The first kappa shape index (κ1) is 13.3. The van der Waals surface area contributed by atoms with Crippen LogP contribution in [0.5, 0.6) is 0 Å². The molecule has 0 aromatic heterocycles. The topological polar surface area (TPSA) is 34.1 Å². The summed E-state index contributed by atoms with van der Waals surface area (Å²) in [6, 6.07) is 7.29. The molecule has 0 fully saturated rings. The third-order valence-electron chi connectivity index (χ3n) is 3.44. The summed E-state index contributed by atoms with van der Waals surface area (Å²) in [4.78, 5) is 0.401. The third kappa shape index (κ3) is 3.45. The van der Waals surface area contributed by atoms with E-state index in [1.54, 1.807) is 12.1 Å². The SMILES string of the molecule is CS(=O)(=O)c1ccc(/C2=C/CCCCCC2)cc1. The number of hydrogen-bond donors (Lipinski definition) is 0. The first-order chi connectivity index (χ1) is 8.57. The van der Waals surface area contributed by atoms with Gasteiger partial charge in [0.1, 0.15) is 0 Å². The van der Waals surface area contributed by atoms with E-state index < -0.39 is 9.84 Å². The summed E-state index contributed by atoms with van der Waals surface area (Å²) in [6.07, 6.45) is 11.0. The van der Waals surface area contributed by atoms with Gasteiger partial charge in [-0.15, -0.1) is 0 Å². The molecule has 2 nitrogen and oxygen atoms in total. The van der Waals surface area contributed by atoms with Crippen molar-refractivity contribution in [3.63, 3.8) is 0 Å². The quantitative estimate of drug-likeness (QED) is 0.813. The van der Waals surface area contributed by atoms with E-state index in [4.69, 9.17) is 0 Å². The van der Waals surface area contributed by atoms with Gasteiger partial charge in [-0.3, -0.25) is 0 Å². The molecule has 1 aliphatic rings. The molecule has 0 amide bonds. The zero-order valence-corrected chi connectivity index (χ0v) is 11.7. The lowest BCUT2D eigenvalue weighted by molar-refractivity contribution is 0.602. The normalized spacial score (nSPS) is 20.6. The van der Waals surface area contributed by atoms with Gasteiger partial charge in [0.2, 0.25) is 0 Å². The molecule has 18 heavy (non-hydrogen) atoms. The van der Waals surface area contributed by atoms with Crippen LogP contribution in [0.25, 0.3) is 5.57 Å². The Bertz CT molecular complexity index is 524. The van der Waals surface area contributed by atoms with Crippen molar-refractivity contribution in [2.75, 3.05) is 6.26 Å². The van der Waals surface area contributed by atoms with E-state index in [1.807, 2.05) is 12.1 Å². The maximum absolute atomic E-state index is 11.4. The zero-order chi connectivity index (χ0) is 13.0. The van der Waals surface area contributed by atoms with Crippen molar-refractivity contribution in [1.29, 1.82) is 0 Å². The molecule has 0 spiro atoms. The fourth-order valence-corrected chi connectivity index (χ4v) is 3.00. The van der Waals surface area contributed by atoms with Gasteiger partial charge in [0.25, 0.3) is 0 Å². The van der Waals surface area contributed by atoms with Crippen LogP contribution in [0.15, 0.2) is 35.2 Å². The van der Waals surface area contributed by atoms with Crippen molar-refractivity contribution in [2.24, 2.45) is 0 Å². The largest absolute Gasteiger partial charge is 0.224 e. The number of benzene rings is 1. The minimum absolute atomic E-state index is 0.401. The molecule has 3 heteroatoms. The van der Waals surface area contributed by atoms with Gasteiger partial charge in [-0.1, -0.05) is 31.1 Å². The highest BCUT2D eigenvalue weighted by Crippen LogP contribution is 2.26. The first-order valence-electron chi connectivity index (χ1n) is 6.57. The highest BCUT2D eigenvalue weighted by molar-refractivity contribution is 7.90. The summed E-state index contributed by atoms with van der Waals surface area (Å²) in [6.45, 7) is 0. The number of rotatable bonds is 2. The van der Waals surface area contributed by atoms with Crippen LogP contribution in [-0.2, 0) is 9.84 Å². The Kier molecular flexibility index (Phi) is 4.23. The Morgan fingerprint density at radius 2 is 1.61 bits per heavy atom. The molecular formula is C15H20O2S. The van der Waals surface area contributed by atoms with Gasteiger partial charge in [-0.05, 0) is 49.0 Å². The van der Waals surface area contributed by atoms with Crippen LogP contribution in [0.1, 0.15) is 44.1 Å². The summed E-state index contributed by atoms with van der Waals surface area (Å²) >= 11 is 0. The molecule has 0 bridgehead atoms. The van der Waals surface area contributed by atoms with Gasteiger partial charge in [-0.2, -0.15) is 0 Å². The lowest BCUT2D eigenvalue weighted by Gasteiger charge is -2.12. The Morgan fingerprint density at radius 1 is 0.944 bits per heavy atom. The predicted octanol–water partition coefficient (Wildman–Crippen LogP) is 3.83. The second-order valence-electron chi connectivity index (χ2n) is 4.98. The molecule has 0 unspecified atom stereocenters. The van der Waals surface area contributed by atoms with E-state index in [0.29, 0.717) is 4.90 Å². The molecule has 0 aliphatic heterocycles. The summed E-state index contributed by atoms with van der Waals surface area (Å²) in [5.41, 5.74) is 2.54. The van der Waals surface area contributed by atoms with E-state index in [-0.39, 0.29) is 0 Å². The van der Waals surface area contributed by atoms with Crippen molar-refractivity contribution >= 4 is 15.4 Å². The van der Waals surface area contributed by atoms with Crippen molar-refractivity contribution < 1.29 is 8.42 Å². The summed E-state index contributed by atoms with van der Waals surface area (Å²) in [5.74, 6) is 0. The van der Waals surface area contributed by atoms with Crippen molar-refractivity contribution in [3.05, 3.63) is 35.9 Å². The van der Waals surface area contributed by atoms with Gasteiger partial charge < -0.3 is 0 Å². The molecule has 0 saturated heterocycles. The van der Waals surface area contributed by atoms with Crippen LogP contribution >= 0.6 is 0 Å². The smallest absolute Gasteiger partial charge is 0.175 e. The Morgan fingerprint density at radius 3 is 2.28 bits per heavy atom. The summed E-state index contributed by atoms with van der Waals surface area (Å²) in [5, 5.41) is 0. The summed E-state index contributed by atoms with van der Waals surface area (Å²) in [7, 11) is -3.08. The Balaban J connectivity index is 2.23. The first-order valence-corrected chi connectivity index (χ1v) is 8.46. The lowest BCUT2D eigenvalue weighted by Crippen LogP contribution is -1.97. The molecule has 1 aliphatic carbocycles. The molecular weight excluding hydrogens is 244 g/mol. The minimum Gasteiger partial charge on any atom is -0.224 e. The highest BCUT2D eigenvalue weighted by atomic mass is 32.2. The van der Waals surface area contributed by atoms with Crippen LogP contribution in [0.2, 0.25) is 0 Å². The second kappa shape index (κ2) is 5.70. The van der Waals surface area contributed by atoms with Gasteiger partial charge in [0.05, 0.1) is 4.90 Å². The number of allylic oxidation sites excluding steroid dienone is 2. The van der Waals surface area contributed by atoms with Crippen LogP contribution in [-0.4, -0.2) is 14.7 Å². The fraction of sp³-hybridized carbons (Fsp3) is 0.467. The van der Waals surface area contributed by atoms with E-state index >= 15 is 0 Å². The standard InChI is InChI=1S/C15H20O2S/c1-18(16,17)15-11-9-14(10-12-15)13-7-5-3-2-4-6-8-13/h7,9-12H,2-6,8H2,1H3/b13-7+. The molecule has 0 N–H and O–H groups in total. The van der Waals surface area contributed by atoms with Crippen molar-refractivity contribution in [2.45, 2.75) is 43.4 Å². The lowest BCUT2D eigenvalue weighted by atomic mass is 9.95. The molecule has 0 heterocycles. The molecule has 0 saturated carbocycles. The van der Waals surface area contributed by atoms with Crippen LogP contribution in [0, 0.1) is 0 Å². The summed E-state index contributed by atoms with van der Waals surface area (Å²) < 4.78 is 22.8. The average molecular weight is 264 g/mol. The Labute approximate surface area is 110 Å². The van der Waals surface area contributed by atoms with E-state index in [2.05, 4.69) is 6.08 Å². The van der Waals surface area contributed by atoms with E-state index in [1.165, 1.54) is 43.1 Å². The van der Waals surface area contributed by atoms with Crippen LogP contribution in [0.4, 0.5) is 0 Å². The predicted molar refractivity (Wildman–Crippen MR) is 75.2 cm³/mol. The average Bonchev–Trinajstić information content (AvgIpc) is 2.27. The van der Waals surface area contributed by atoms with Gasteiger partial charge in [0.15, 0.2) is 9.84 Å². The van der Waals surface area contributed by atoms with Crippen LogP contribution < -0.4 is 0 Å². The molecule has 0 radical (unpaired) electrons. The molecule has 1 aromatic rings. The number of hydrogen-bond acceptors (Lipinski definition) is 2. The van der Waals surface area contributed by atoms with Crippen LogP contribution in [0.3, 0.4) is 0 Å². The van der Waals surface area contributed by atoms with E-state index in [9.17, 15) is 8.42 Å². The van der Waals surface area contributed by atoms with Crippen molar-refractivity contribution in [1.82, 2.24) is 0 Å². The van der Waals surface area contributed by atoms with E-state index in [0.717, 1.165) is 12.8 Å². The van der Waals surface area contributed by atoms with Gasteiger partial charge >= 0.3 is 0 Å². The monoisotopic (exact) mass is 264 g/mol. The van der Waals surface area contributed by atoms with Gasteiger partial charge in [-0.25, -0.2) is 8.42 Å². The maximum atomic E-state index is 11.4. The highest BCUT2D eigenvalue weighted by Gasteiger charge is 2.08. The second-order valence-corrected chi connectivity index (χ2v) is 6.99. The molecule has 2 rings (SSSR count). The Hall–Kier alpha value is -1.09. The fourth-order valence-electron chi connectivity index (χ4n) is 2.37. The van der Waals surface area contributed by atoms with Crippen molar-refractivity contribution in [3.8, 4) is 0 Å². The number of sulfone groups is 1. The molecule has 1 aromatic carbocycles. The third-order valence-corrected chi connectivity index (χ3v) is 4.57.